The lowest BCUT2D eigenvalue weighted by Gasteiger charge is -2.35. The molecule has 6 nitrogen and oxygen atoms in total. The number of nitrogens with zero attached hydrogens (tertiary/aromatic N) is 2. The van der Waals surface area contributed by atoms with E-state index in [2.05, 4.69) is 11.1 Å². The molecule has 1 atom stereocenters. The molecule has 0 saturated carbocycles. The van der Waals surface area contributed by atoms with Crippen molar-refractivity contribution in [3.05, 3.63) is 65.9 Å². The van der Waals surface area contributed by atoms with Crippen LogP contribution in [0.5, 0.6) is 5.75 Å². The molecule has 4 rings (SSSR count). The number of carbonyl (C=O) groups is 2. The van der Waals surface area contributed by atoms with Crippen molar-refractivity contribution in [1.82, 2.24) is 14.8 Å². The van der Waals surface area contributed by atoms with Crippen LogP contribution >= 0.6 is 0 Å². The molecule has 1 aliphatic rings. The Morgan fingerprint density at radius 1 is 1.00 bits per heavy atom. The van der Waals surface area contributed by atoms with Crippen molar-refractivity contribution < 1.29 is 14.3 Å². The Labute approximate surface area is 176 Å². The van der Waals surface area contributed by atoms with Gasteiger partial charge in [-0.05, 0) is 29.3 Å². The van der Waals surface area contributed by atoms with Gasteiger partial charge in [-0.2, -0.15) is 0 Å². The van der Waals surface area contributed by atoms with Gasteiger partial charge in [0.05, 0.1) is 7.11 Å². The maximum absolute atomic E-state index is 13.2. The van der Waals surface area contributed by atoms with Crippen molar-refractivity contribution in [3.8, 4) is 5.75 Å². The van der Waals surface area contributed by atoms with Crippen molar-refractivity contribution in [2.45, 2.75) is 19.3 Å². The molecule has 1 aromatic heterocycles. The van der Waals surface area contributed by atoms with Gasteiger partial charge >= 0.3 is 0 Å². The first-order valence-corrected chi connectivity index (χ1v) is 10.3. The number of benzene rings is 2. The lowest BCUT2D eigenvalue weighted by molar-refractivity contribution is -0.138. The number of hydrogen-bond donors (Lipinski definition) is 1. The van der Waals surface area contributed by atoms with Crippen molar-refractivity contribution >= 4 is 22.7 Å². The summed E-state index contributed by atoms with van der Waals surface area (Å²) >= 11 is 0. The van der Waals surface area contributed by atoms with E-state index >= 15 is 0 Å². The van der Waals surface area contributed by atoms with Gasteiger partial charge in [-0.25, -0.2) is 0 Å². The highest BCUT2D eigenvalue weighted by Gasteiger charge is 2.27. The molecule has 30 heavy (non-hydrogen) atoms. The number of fused-ring (bicyclic) bond motifs is 1. The molecule has 0 bridgehead atoms. The second kappa shape index (κ2) is 8.61. The number of ether oxygens (including phenoxy) is 1. The van der Waals surface area contributed by atoms with Crippen molar-refractivity contribution in [1.29, 1.82) is 0 Å². The second-order valence-corrected chi connectivity index (χ2v) is 7.71. The van der Waals surface area contributed by atoms with Gasteiger partial charge in [-0.1, -0.05) is 30.3 Å². The van der Waals surface area contributed by atoms with Crippen molar-refractivity contribution in [3.63, 3.8) is 0 Å². The van der Waals surface area contributed by atoms with Crippen LogP contribution in [0.1, 0.15) is 30.4 Å². The molecule has 2 heterocycles. The standard InChI is InChI=1S/C24H27N3O3/c1-17(28)26-11-13-27(14-12-26)24(29)15-21(18-7-9-19(30-2)10-8-18)22-16-25-23-6-4-3-5-20(22)23/h3-10,16,21,25H,11-15H2,1-2H3. The average Bonchev–Trinajstić information content (AvgIpc) is 3.21. The fourth-order valence-electron chi connectivity index (χ4n) is 4.20. The average molecular weight is 405 g/mol. The third-order valence-corrected chi connectivity index (χ3v) is 5.97. The summed E-state index contributed by atoms with van der Waals surface area (Å²) in [4.78, 5) is 31.8. The number of rotatable bonds is 5. The molecular formula is C24H27N3O3. The molecule has 1 aliphatic heterocycles. The Hall–Kier alpha value is -3.28. The Morgan fingerprint density at radius 3 is 2.33 bits per heavy atom. The highest BCUT2D eigenvalue weighted by Crippen LogP contribution is 2.34. The van der Waals surface area contributed by atoms with Crippen LogP contribution in [0.2, 0.25) is 0 Å². The van der Waals surface area contributed by atoms with E-state index < -0.39 is 0 Å². The van der Waals surface area contributed by atoms with E-state index in [1.165, 1.54) is 0 Å². The summed E-state index contributed by atoms with van der Waals surface area (Å²) in [5, 5.41) is 1.13. The highest BCUT2D eigenvalue weighted by atomic mass is 16.5. The van der Waals surface area contributed by atoms with Crippen LogP contribution in [0, 0.1) is 0 Å². The van der Waals surface area contributed by atoms with Gasteiger partial charge in [0.15, 0.2) is 0 Å². The summed E-state index contributed by atoms with van der Waals surface area (Å²) in [6, 6.07) is 16.1. The van der Waals surface area contributed by atoms with Crippen molar-refractivity contribution in [2.24, 2.45) is 0 Å². The van der Waals surface area contributed by atoms with Crippen LogP contribution in [-0.2, 0) is 9.59 Å². The Morgan fingerprint density at radius 2 is 1.67 bits per heavy atom. The van der Waals surface area contributed by atoms with E-state index in [9.17, 15) is 9.59 Å². The lowest BCUT2D eigenvalue weighted by Crippen LogP contribution is -2.50. The Kier molecular flexibility index (Phi) is 5.74. The van der Waals surface area contributed by atoms with Gasteiger partial charge in [-0.15, -0.1) is 0 Å². The van der Waals surface area contributed by atoms with E-state index in [0.29, 0.717) is 32.6 Å². The van der Waals surface area contributed by atoms with Gasteiger partial charge in [0.1, 0.15) is 5.75 Å². The number of piperazine rings is 1. The molecular weight excluding hydrogens is 378 g/mol. The van der Waals surface area contributed by atoms with Gasteiger partial charge in [-0.3, -0.25) is 9.59 Å². The predicted octanol–water partition coefficient (Wildman–Crippen LogP) is 3.39. The maximum atomic E-state index is 13.2. The number of para-hydroxylation sites is 1. The van der Waals surface area contributed by atoms with Crippen LogP contribution in [-0.4, -0.2) is 59.9 Å². The summed E-state index contributed by atoms with van der Waals surface area (Å²) in [6.45, 7) is 3.94. The zero-order valence-corrected chi connectivity index (χ0v) is 17.4. The number of aromatic nitrogens is 1. The molecule has 1 fully saturated rings. The summed E-state index contributed by atoms with van der Waals surface area (Å²) in [6.07, 6.45) is 2.40. The number of nitrogens with one attached hydrogen (secondary N) is 1. The summed E-state index contributed by atoms with van der Waals surface area (Å²) in [5.41, 5.74) is 3.26. The first-order valence-electron chi connectivity index (χ1n) is 10.3. The van der Waals surface area contributed by atoms with E-state index in [0.717, 1.165) is 27.8 Å². The first-order chi connectivity index (χ1) is 14.6. The fourth-order valence-corrected chi connectivity index (χ4v) is 4.20. The lowest BCUT2D eigenvalue weighted by atomic mass is 9.87. The predicted molar refractivity (Wildman–Crippen MR) is 117 cm³/mol. The van der Waals surface area contributed by atoms with E-state index in [1.54, 1.807) is 18.9 Å². The van der Waals surface area contributed by atoms with Crippen LogP contribution in [0.15, 0.2) is 54.7 Å². The molecule has 1 N–H and O–H groups in total. The zero-order chi connectivity index (χ0) is 21.1. The first kappa shape index (κ1) is 20.0. The number of amides is 2. The Bertz CT molecular complexity index is 1030. The van der Waals surface area contributed by atoms with Gasteiger partial charge in [0, 0.05) is 62.5 Å². The van der Waals surface area contributed by atoms with Crippen LogP contribution < -0.4 is 4.74 Å². The van der Waals surface area contributed by atoms with Gasteiger partial charge in [0.25, 0.3) is 0 Å². The quantitative estimate of drug-likeness (QED) is 0.708. The van der Waals surface area contributed by atoms with E-state index in [1.807, 2.05) is 53.6 Å². The maximum Gasteiger partial charge on any atom is 0.223 e. The minimum atomic E-state index is -0.0645. The molecule has 0 spiro atoms. The number of H-pyrrole nitrogens is 1. The van der Waals surface area contributed by atoms with E-state index in [-0.39, 0.29) is 17.7 Å². The SMILES string of the molecule is COc1ccc(C(CC(=O)N2CCN(C(C)=O)CC2)c2c[nH]c3ccccc23)cc1. The fraction of sp³-hybridized carbons (Fsp3) is 0.333. The smallest absolute Gasteiger partial charge is 0.223 e. The molecule has 0 aliphatic carbocycles. The van der Waals surface area contributed by atoms with Crippen LogP contribution in [0.25, 0.3) is 10.9 Å². The molecule has 1 saturated heterocycles. The molecule has 2 aromatic carbocycles. The van der Waals surface area contributed by atoms with Crippen LogP contribution in [0.4, 0.5) is 0 Å². The molecule has 3 aromatic rings. The topological polar surface area (TPSA) is 65.6 Å². The van der Waals surface area contributed by atoms with Gasteiger partial charge < -0.3 is 19.5 Å². The largest absolute Gasteiger partial charge is 0.497 e. The summed E-state index contributed by atoms with van der Waals surface area (Å²) in [7, 11) is 1.65. The number of hydrogen-bond acceptors (Lipinski definition) is 3. The minimum absolute atomic E-state index is 0.0645. The molecule has 2 amide bonds. The van der Waals surface area contributed by atoms with Crippen molar-refractivity contribution in [2.75, 3.05) is 33.3 Å². The molecule has 1 unspecified atom stereocenters. The third-order valence-electron chi connectivity index (χ3n) is 5.97. The third kappa shape index (κ3) is 4.03. The molecule has 6 heteroatoms. The number of carbonyl (C=O) groups excluding carboxylic acids is 2. The number of aromatic amines is 1. The minimum Gasteiger partial charge on any atom is -0.497 e. The normalized spacial score (nSPS) is 15.3. The summed E-state index contributed by atoms with van der Waals surface area (Å²) < 4.78 is 5.30. The molecule has 0 radical (unpaired) electrons. The second-order valence-electron chi connectivity index (χ2n) is 7.71. The Balaban J connectivity index is 1.60. The monoisotopic (exact) mass is 405 g/mol. The zero-order valence-electron chi connectivity index (χ0n) is 17.4. The number of methoxy groups -OCH3 is 1. The van der Waals surface area contributed by atoms with E-state index in [4.69, 9.17) is 4.74 Å². The summed E-state index contributed by atoms with van der Waals surface area (Å²) in [5.74, 6) is 0.912. The van der Waals surface area contributed by atoms with Gasteiger partial charge in [0.2, 0.25) is 11.8 Å². The van der Waals surface area contributed by atoms with Crippen LogP contribution in [0.3, 0.4) is 0 Å². The highest BCUT2D eigenvalue weighted by molar-refractivity contribution is 5.86. The molecule has 156 valence electrons.